The van der Waals surface area contributed by atoms with Gasteiger partial charge in [-0.15, -0.1) is 0 Å². The van der Waals surface area contributed by atoms with Gasteiger partial charge in [0.1, 0.15) is 12.1 Å². The number of pyridine rings is 1. The third-order valence-electron chi connectivity index (χ3n) is 6.60. The number of rotatable bonds is 5. The number of aromatic nitrogens is 3. The molecule has 1 aromatic carbocycles. The summed E-state index contributed by atoms with van der Waals surface area (Å²) in [6, 6.07) is 8.66. The lowest BCUT2D eigenvalue weighted by Crippen LogP contribution is -2.46. The number of methoxy groups -OCH3 is 1. The van der Waals surface area contributed by atoms with E-state index in [1.165, 1.54) is 26.1 Å². The van der Waals surface area contributed by atoms with E-state index in [9.17, 15) is 4.39 Å². The maximum Gasteiger partial charge on any atom is 0.255 e. The van der Waals surface area contributed by atoms with Crippen LogP contribution in [0.3, 0.4) is 0 Å². The zero-order chi connectivity index (χ0) is 21.9. The van der Waals surface area contributed by atoms with Crippen molar-refractivity contribution in [1.29, 1.82) is 0 Å². The number of benzene rings is 1. The van der Waals surface area contributed by atoms with Crippen molar-refractivity contribution in [1.82, 2.24) is 19.9 Å². The number of nitrogens with zero attached hydrogens (tertiary/aromatic N) is 4. The van der Waals surface area contributed by atoms with Crippen LogP contribution in [-0.4, -0.2) is 65.3 Å². The standard InChI is InChI=1S/C24H28FN5O2/c1-31-22-13-17(14-26-23(22)25)16-2-7-21-20(12-16)24(28-15-27-21)29-18-3-5-19(6-4-18)30-8-10-32-11-9-30/h2,7,12-15,18-19H,3-6,8-11H2,1H3,(H,27,28,29). The highest BCUT2D eigenvalue weighted by Gasteiger charge is 2.27. The second kappa shape index (κ2) is 9.34. The number of hydrogen-bond donors (Lipinski definition) is 1. The van der Waals surface area contributed by atoms with Gasteiger partial charge in [-0.2, -0.15) is 4.39 Å². The molecule has 3 heterocycles. The lowest BCUT2D eigenvalue weighted by atomic mass is 9.90. The van der Waals surface area contributed by atoms with Gasteiger partial charge in [0.2, 0.25) is 0 Å². The van der Waals surface area contributed by atoms with E-state index in [4.69, 9.17) is 9.47 Å². The summed E-state index contributed by atoms with van der Waals surface area (Å²) >= 11 is 0. The van der Waals surface area contributed by atoms with Crippen molar-refractivity contribution in [2.45, 2.75) is 37.8 Å². The molecular formula is C24H28FN5O2. The Hall–Kier alpha value is -2.84. The average Bonchev–Trinajstić information content (AvgIpc) is 2.85. The van der Waals surface area contributed by atoms with Gasteiger partial charge in [-0.3, -0.25) is 4.90 Å². The molecule has 7 nitrogen and oxygen atoms in total. The molecule has 0 unspecified atom stereocenters. The molecule has 1 aliphatic carbocycles. The molecule has 1 saturated heterocycles. The molecule has 5 rings (SSSR count). The summed E-state index contributed by atoms with van der Waals surface area (Å²) in [6.07, 6.45) is 7.73. The predicted octanol–water partition coefficient (Wildman–Crippen LogP) is 3.89. The van der Waals surface area contributed by atoms with Crippen LogP contribution in [0.15, 0.2) is 36.8 Å². The number of anilines is 1. The SMILES string of the molecule is COc1cc(-c2ccc3ncnc(NC4CCC(N5CCOCC5)CC4)c3c2)cnc1F. The largest absolute Gasteiger partial charge is 0.492 e. The maximum atomic E-state index is 13.7. The van der Waals surface area contributed by atoms with Crippen molar-refractivity contribution in [3.05, 3.63) is 42.7 Å². The van der Waals surface area contributed by atoms with Crippen LogP contribution in [0, 0.1) is 5.95 Å². The van der Waals surface area contributed by atoms with Crippen molar-refractivity contribution >= 4 is 16.7 Å². The van der Waals surface area contributed by atoms with E-state index in [2.05, 4.69) is 25.2 Å². The van der Waals surface area contributed by atoms with E-state index in [-0.39, 0.29) is 5.75 Å². The van der Waals surface area contributed by atoms with Gasteiger partial charge in [-0.1, -0.05) is 6.07 Å². The number of halogens is 1. The third kappa shape index (κ3) is 4.38. The number of ether oxygens (including phenoxy) is 2. The van der Waals surface area contributed by atoms with Gasteiger partial charge < -0.3 is 14.8 Å². The third-order valence-corrected chi connectivity index (χ3v) is 6.60. The van der Waals surface area contributed by atoms with Crippen LogP contribution in [0.5, 0.6) is 5.75 Å². The molecule has 0 radical (unpaired) electrons. The van der Waals surface area contributed by atoms with Crippen molar-refractivity contribution in [3.8, 4) is 16.9 Å². The van der Waals surface area contributed by atoms with Gasteiger partial charge >= 0.3 is 0 Å². The Morgan fingerprint density at radius 1 is 1.03 bits per heavy atom. The fourth-order valence-electron chi connectivity index (χ4n) is 4.80. The van der Waals surface area contributed by atoms with E-state index in [1.807, 2.05) is 18.2 Å². The highest BCUT2D eigenvalue weighted by molar-refractivity contribution is 5.92. The Labute approximate surface area is 187 Å². The number of morpholine rings is 1. The first-order chi connectivity index (χ1) is 15.7. The van der Waals surface area contributed by atoms with Gasteiger partial charge in [-0.25, -0.2) is 15.0 Å². The first-order valence-electron chi connectivity index (χ1n) is 11.2. The van der Waals surface area contributed by atoms with Crippen molar-refractivity contribution in [3.63, 3.8) is 0 Å². The van der Waals surface area contributed by atoms with Crippen LogP contribution in [0.25, 0.3) is 22.0 Å². The maximum absolute atomic E-state index is 13.7. The summed E-state index contributed by atoms with van der Waals surface area (Å²) in [7, 11) is 1.44. The normalized spacial score (nSPS) is 22.1. The van der Waals surface area contributed by atoms with E-state index >= 15 is 0 Å². The molecule has 1 aliphatic heterocycles. The fraction of sp³-hybridized carbons (Fsp3) is 0.458. The Balaban J connectivity index is 1.34. The summed E-state index contributed by atoms with van der Waals surface area (Å²) in [4.78, 5) is 15.4. The van der Waals surface area contributed by atoms with Gasteiger partial charge in [0, 0.05) is 42.3 Å². The Morgan fingerprint density at radius 2 is 1.84 bits per heavy atom. The molecular weight excluding hydrogens is 409 g/mol. The molecule has 0 bridgehead atoms. The van der Waals surface area contributed by atoms with E-state index in [0.29, 0.717) is 12.1 Å². The molecule has 8 heteroatoms. The van der Waals surface area contributed by atoms with E-state index < -0.39 is 5.95 Å². The zero-order valence-corrected chi connectivity index (χ0v) is 18.3. The van der Waals surface area contributed by atoms with Crippen LogP contribution < -0.4 is 10.1 Å². The van der Waals surface area contributed by atoms with Crippen LogP contribution in [-0.2, 0) is 4.74 Å². The summed E-state index contributed by atoms with van der Waals surface area (Å²) in [5.41, 5.74) is 2.57. The fourth-order valence-corrected chi connectivity index (χ4v) is 4.80. The summed E-state index contributed by atoms with van der Waals surface area (Å²) in [5.74, 6) is 0.353. The van der Waals surface area contributed by atoms with Gasteiger partial charge in [0.05, 0.1) is 25.8 Å². The summed E-state index contributed by atoms with van der Waals surface area (Å²) in [6.45, 7) is 3.79. The second-order valence-corrected chi connectivity index (χ2v) is 8.47. The lowest BCUT2D eigenvalue weighted by molar-refractivity contribution is 0.00791. The number of fused-ring (bicyclic) bond motifs is 1. The first-order valence-corrected chi connectivity index (χ1v) is 11.2. The Morgan fingerprint density at radius 3 is 2.62 bits per heavy atom. The van der Waals surface area contributed by atoms with Crippen LogP contribution in [0.4, 0.5) is 10.2 Å². The Kier molecular flexibility index (Phi) is 6.14. The average molecular weight is 438 g/mol. The number of hydrogen-bond acceptors (Lipinski definition) is 7. The molecule has 1 N–H and O–H groups in total. The van der Waals surface area contributed by atoms with Gasteiger partial charge in [-0.05, 0) is 49.4 Å². The van der Waals surface area contributed by atoms with E-state index in [1.54, 1.807) is 12.4 Å². The van der Waals surface area contributed by atoms with Crippen molar-refractivity contribution in [2.24, 2.45) is 0 Å². The molecule has 0 amide bonds. The molecule has 0 spiro atoms. The summed E-state index contributed by atoms with van der Waals surface area (Å²) in [5, 5.41) is 4.61. The van der Waals surface area contributed by atoms with Gasteiger partial charge in [0.25, 0.3) is 5.95 Å². The van der Waals surface area contributed by atoms with Gasteiger partial charge in [0.15, 0.2) is 5.75 Å². The smallest absolute Gasteiger partial charge is 0.255 e. The molecule has 2 aliphatic rings. The molecule has 32 heavy (non-hydrogen) atoms. The molecule has 3 aromatic rings. The predicted molar refractivity (Wildman–Crippen MR) is 121 cm³/mol. The summed E-state index contributed by atoms with van der Waals surface area (Å²) < 4.78 is 24.3. The molecule has 168 valence electrons. The second-order valence-electron chi connectivity index (χ2n) is 8.47. The minimum atomic E-state index is -0.615. The molecule has 1 saturated carbocycles. The highest BCUT2D eigenvalue weighted by atomic mass is 19.1. The zero-order valence-electron chi connectivity index (χ0n) is 18.3. The van der Waals surface area contributed by atoms with Crippen LogP contribution in [0.2, 0.25) is 0 Å². The minimum Gasteiger partial charge on any atom is -0.492 e. The molecule has 0 atom stereocenters. The van der Waals surface area contributed by atoms with E-state index in [0.717, 1.165) is 67.0 Å². The monoisotopic (exact) mass is 437 g/mol. The highest BCUT2D eigenvalue weighted by Crippen LogP contribution is 2.31. The van der Waals surface area contributed by atoms with Crippen LogP contribution >= 0.6 is 0 Å². The number of nitrogens with one attached hydrogen (secondary N) is 1. The molecule has 2 fully saturated rings. The molecule has 2 aromatic heterocycles. The lowest BCUT2D eigenvalue weighted by Gasteiger charge is -2.39. The van der Waals surface area contributed by atoms with Crippen molar-refractivity contribution in [2.75, 3.05) is 38.7 Å². The van der Waals surface area contributed by atoms with Crippen LogP contribution in [0.1, 0.15) is 25.7 Å². The van der Waals surface area contributed by atoms with Crippen molar-refractivity contribution < 1.29 is 13.9 Å². The Bertz CT molecular complexity index is 1080. The minimum absolute atomic E-state index is 0.127. The topological polar surface area (TPSA) is 72.4 Å². The first kappa shape index (κ1) is 21.0. The quantitative estimate of drug-likeness (QED) is 0.607.